The standard InChI is InChI=1S/C36H57NO5/c1-22(38)41-27-13-14-34(9)26(31(27,5)6)12-15-36(11)28(34)25(39)20-23-24-21-33(8,29(40)37-42-30(2,3)4)17-16-32(24,7)18-19-35(23,36)10/h20,24,26-28H,12-19,21H2,1-11H3,(H,37,40)/t24-,26?,27-,28+,32+,33-,34-,35+,36+/m0/s1. The van der Waals surface area contributed by atoms with Crippen LogP contribution in [-0.4, -0.2) is 29.4 Å². The molecule has 0 spiro atoms. The van der Waals surface area contributed by atoms with Crippen molar-refractivity contribution in [2.45, 2.75) is 146 Å². The Balaban J connectivity index is 1.51. The number of hydrogen-bond acceptors (Lipinski definition) is 5. The van der Waals surface area contributed by atoms with Gasteiger partial charge in [0, 0.05) is 23.7 Å². The Morgan fingerprint density at radius 1 is 0.905 bits per heavy atom. The number of esters is 1. The van der Waals surface area contributed by atoms with E-state index in [4.69, 9.17) is 9.57 Å². The Labute approximate surface area is 254 Å². The monoisotopic (exact) mass is 583 g/mol. The van der Waals surface area contributed by atoms with E-state index in [0.29, 0.717) is 5.92 Å². The van der Waals surface area contributed by atoms with Crippen LogP contribution in [0.1, 0.15) is 134 Å². The molecule has 42 heavy (non-hydrogen) atoms. The van der Waals surface area contributed by atoms with Crippen molar-refractivity contribution >= 4 is 17.7 Å². The number of fused-ring (bicyclic) bond motifs is 7. The number of rotatable bonds is 3. The molecule has 5 rings (SSSR count). The maximum absolute atomic E-state index is 14.6. The van der Waals surface area contributed by atoms with Crippen LogP contribution in [0.15, 0.2) is 11.6 Å². The molecule has 1 unspecified atom stereocenters. The highest BCUT2D eigenvalue weighted by Crippen LogP contribution is 2.75. The third-order valence-electron chi connectivity index (χ3n) is 13.8. The van der Waals surface area contributed by atoms with E-state index in [2.05, 4.69) is 60.0 Å². The number of hydrogen-bond donors (Lipinski definition) is 1. The first kappa shape index (κ1) is 31.7. The van der Waals surface area contributed by atoms with Crippen molar-refractivity contribution in [2.75, 3.05) is 0 Å². The van der Waals surface area contributed by atoms with Gasteiger partial charge in [0.15, 0.2) is 5.78 Å². The Bertz CT molecular complexity index is 1200. The third-order valence-corrected chi connectivity index (χ3v) is 13.8. The van der Waals surface area contributed by atoms with E-state index in [0.717, 1.165) is 57.8 Å². The predicted octanol–water partition coefficient (Wildman–Crippen LogP) is 7.75. The number of carbonyl (C=O) groups is 3. The normalized spacial score (nSPS) is 46.3. The molecular formula is C36H57NO5. The topological polar surface area (TPSA) is 81.7 Å². The van der Waals surface area contributed by atoms with Gasteiger partial charge in [0.05, 0.1) is 5.60 Å². The van der Waals surface area contributed by atoms with Gasteiger partial charge in [0.1, 0.15) is 6.10 Å². The van der Waals surface area contributed by atoms with E-state index >= 15 is 0 Å². The SMILES string of the molecule is CC(=O)O[C@H]1CC[C@@]2(C)C(CC[C@]3(C)[C@@H]2C(=O)C=C2[C@@H]4C[C@@](C)(C(=O)NOC(C)(C)C)CC[C@]4(C)CC[C@]23C)C1(C)C. The van der Waals surface area contributed by atoms with E-state index < -0.39 is 11.0 Å². The van der Waals surface area contributed by atoms with Gasteiger partial charge in [0.2, 0.25) is 5.91 Å². The summed E-state index contributed by atoms with van der Waals surface area (Å²) in [4.78, 5) is 45.8. The molecule has 0 saturated heterocycles. The number of amides is 1. The molecular weight excluding hydrogens is 526 g/mol. The highest BCUT2D eigenvalue weighted by atomic mass is 16.7. The minimum atomic E-state index is -0.544. The fraction of sp³-hybridized carbons (Fsp3) is 0.861. The number of allylic oxidation sites excluding steroid dienone is 2. The van der Waals surface area contributed by atoms with Crippen LogP contribution in [0.25, 0.3) is 0 Å². The van der Waals surface area contributed by atoms with Gasteiger partial charge in [-0.15, -0.1) is 0 Å². The lowest BCUT2D eigenvalue weighted by molar-refractivity contribution is -0.210. The van der Waals surface area contributed by atoms with Crippen LogP contribution >= 0.6 is 0 Å². The summed E-state index contributed by atoms with van der Waals surface area (Å²) in [6, 6.07) is 0. The van der Waals surface area contributed by atoms with Crippen LogP contribution in [0.4, 0.5) is 0 Å². The van der Waals surface area contributed by atoms with Gasteiger partial charge < -0.3 is 4.74 Å². The van der Waals surface area contributed by atoms with E-state index in [1.54, 1.807) is 0 Å². The second-order valence-electron chi connectivity index (χ2n) is 17.9. The van der Waals surface area contributed by atoms with Crippen molar-refractivity contribution in [2.24, 2.45) is 50.2 Å². The number of hydroxylamine groups is 1. The van der Waals surface area contributed by atoms with Crippen molar-refractivity contribution in [3.8, 4) is 0 Å². The van der Waals surface area contributed by atoms with Crippen molar-refractivity contribution in [1.82, 2.24) is 5.48 Å². The highest BCUT2D eigenvalue weighted by molar-refractivity contribution is 5.95. The number of nitrogens with one attached hydrogen (secondary N) is 1. The fourth-order valence-corrected chi connectivity index (χ4v) is 11.1. The Morgan fingerprint density at radius 2 is 1.55 bits per heavy atom. The molecule has 236 valence electrons. The molecule has 5 aliphatic rings. The van der Waals surface area contributed by atoms with Gasteiger partial charge in [-0.3, -0.25) is 19.2 Å². The van der Waals surface area contributed by atoms with Gasteiger partial charge in [-0.05, 0) is 118 Å². The summed E-state index contributed by atoms with van der Waals surface area (Å²) in [6.45, 7) is 23.6. The molecule has 0 aromatic heterocycles. The van der Waals surface area contributed by atoms with Crippen molar-refractivity contribution in [1.29, 1.82) is 0 Å². The van der Waals surface area contributed by atoms with Crippen LogP contribution in [0.5, 0.6) is 0 Å². The summed E-state index contributed by atoms with van der Waals surface area (Å²) in [5.74, 6) is 0.475. The molecule has 0 bridgehead atoms. The average molecular weight is 584 g/mol. The summed E-state index contributed by atoms with van der Waals surface area (Å²) >= 11 is 0. The molecule has 5 aliphatic carbocycles. The zero-order valence-electron chi connectivity index (χ0n) is 28.3. The fourth-order valence-electron chi connectivity index (χ4n) is 11.1. The second-order valence-corrected chi connectivity index (χ2v) is 17.9. The van der Waals surface area contributed by atoms with Crippen LogP contribution in [0, 0.1) is 50.2 Å². The predicted molar refractivity (Wildman–Crippen MR) is 164 cm³/mol. The van der Waals surface area contributed by atoms with Crippen LogP contribution in [0.2, 0.25) is 0 Å². The molecule has 6 heteroatoms. The molecule has 4 saturated carbocycles. The summed E-state index contributed by atoms with van der Waals surface area (Å²) in [5, 5.41) is 0. The molecule has 6 nitrogen and oxygen atoms in total. The average Bonchev–Trinajstić information content (AvgIpc) is 2.86. The molecule has 0 aromatic rings. The smallest absolute Gasteiger partial charge is 0.302 e. The quantitative estimate of drug-likeness (QED) is 0.271. The Morgan fingerprint density at radius 3 is 2.17 bits per heavy atom. The summed E-state index contributed by atoms with van der Waals surface area (Å²) in [7, 11) is 0. The molecule has 0 aliphatic heterocycles. The molecule has 0 aromatic carbocycles. The van der Waals surface area contributed by atoms with Gasteiger partial charge in [-0.1, -0.05) is 54.0 Å². The maximum Gasteiger partial charge on any atom is 0.302 e. The molecule has 4 fully saturated rings. The third kappa shape index (κ3) is 4.55. The van der Waals surface area contributed by atoms with Crippen LogP contribution in [0.3, 0.4) is 0 Å². The van der Waals surface area contributed by atoms with Gasteiger partial charge >= 0.3 is 5.97 Å². The largest absolute Gasteiger partial charge is 0.462 e. The second kappa shape index (κ2) is 9.65. The first-order valence-corrected chi connectivity index (χ1v) is 16.5. The Kier molecular flexibility index (Phi) is 7.29. The van der Waals surface area contributed by atoms with E-state index in [1.165, 1.54) is 12.5 Å². The van der Waals surface area contributed by atoms with Crippen LogP contribution < -0.4 is 5.48 Å². The zero-order valence-corrected chi connectivity index (χ0v) is 28.3. The number of ether oxygens (including phenoxy) is 1. The molecule has 0 radical (unpaired) electrons. The van der Waals surface area contributed by atoms with E-state index in [-0.39, 0.29) is 62.7 Å². The minimum Gasteiger partial charge on any atom is -0.462 e. The minimum absolute atomic E-state index is 0.0432. The summed E-state index contributed by atoms with van der Waals surface area (Å²) in [6.07, 6.45) is 10.5. The first-order chi connectivity index (χ1) is 19.1. The van der Waals surface area contributed by atoms with E-state index in [1.807, 2.05) is 20.8 Å². The van der Waals surface area contributed by atoms with Gasteiger partial charge in [-0.2, -0.15) is 0 Å². The van der Waals surface area contributed by atoms with Crippen molar-refractivity contribution in [3.05, 3.63) is 11.6 Å². The van der Waals surface area contributed by atoms with Gasteiger partial charge in [0.25, 0.3) is 0 Å². The lowest BCUT2D eigenvalue weighted by Gasteiger charge is -2.70. The first-order valence-electron chi connectivity index (χ1n) is 16.5. The lowest BCUT2D eigenvalue weighted by atomic mass is 9.33. The highest BCUT2D eigenvalue weighted by Gasteiger charge is 2.70. The zero-order chi connectivity index (χ0) is 31.3. The molecule has 1 amide bonds. The van der Waals surface area contributed by atoms with E-state index in [9.17, 15) is 14.4 Å². The lowest BCUT2D eigenvalue weighted by Crippen LogP contribution is -2.66. The van der Waals surface area contributed by atoms with Crippen molar-refractivity contribution in [3.63, 3.8) is 0 Å². The molecule has 1 N–H and O–H groups in total. The summed E-state index contributed by atoms with van der Waals surface area (Å²) in [5.41, 5.74) is 2.59. The Hall–Kier alpha value is -1.69. The summed E-state index contributed by atoms with van der Waals surface area (Å²) < 4.78 is 5.86. The van der Waals surface area contributed by atoms with Gasteiger partial charge in [-0.25, -0.2) is 5.48 Å². The van der Waals surface area contributed by atoms with Crippen molar-refractivity contribution < 1.29 is 24.0 Å². The van der Waals surface area contributed by atoms with Crippen LogP contribution in [-0.2, 0) is 24.0 Å². The molecule has 0 heterocycles. The number of ketones is 1. The number of carbonyl (C=O) groups excluding carboxylic acids is 3. The molecule has 9 atom stereocenters. The maximum atomic E-state index is 14.6.